The van der Waals surface area contributed by atoms with Gasteiger partial charge >= 0.3 is 12.2 Å². The maximum absolute atomic E-state index is 13.0. The van der Waals surface area contributed by atoms with E-state index in [4.69, 9.17) is 16.3 Å². The minimum absolute atomic E-state index is 0.0772. The number of urea groups is 1. The molecule has 0 saturated heterocycles. The summed E-state index contributed by atoms with van der Waals surface area (Å²) >= 11 is 5.58. The highest BCUT2D eigenvalue weighted by molar-refractivity contribution is 6.70. The average Bonchev–Trinajstić information content (AvgIpc) is 2.79. The molecule has 0 fully saturated rings. The molecule has 8 nitrogen and oxygen atoms in total. The summed E-state index contributed by atoms with van der Waals surface area (Å²) in [7, 11) is -2.46. The Bertz CT molecular complexity index is 1250. The lowest BCUT2D eigenvalue weighted by Crippen LogP contribution is -2.42. The number of alkyl halides is 3. The Morgan fingerprint density at radius 1 is 1.00 bits per heavy atom. The third-order valence-electron chi connectivity index (χ3n) is 4.52. The van der Waals surface area contributed by atoms with Gasteiger partial charge in [-0.3, -0.25) is 9.78 Å². The first kappa shape index (κ1) is 27.0. The van der Waals surface area contributed by atoms with Crippen LogP contribution in [0.25, 0.3) is 0 Å². The number of nitrogens with zero attached hydrogens (tertiary/aromatic N) is 1. The average molecular weight is 539 g/mol. The van der Waals surface area contributed by atoms with Gasteiger partial charge in [-0.05, 0) is 61.6 Å². The van der Waals surface area contributed by atoms with Crippen LogP contribution in [0.3, 0.4) is 0 Å². The molecular weight excluding hydrogens is 517 g/mol. The summed E-state index contributed by atoms with van der Waals surface area (Å²) in [6.07, 6.45) is -3.06. The van der Waals surface area contributed by atoms with Crippen molar-refractivity contribution in [1.82, 2.24) is 10.3 Å². The summed E-state index contributed by atoms with van der Waals surface area (Å²) < 4.78 is 44.7. The van der Waals surface area contributed by atoms with Crippen molar-refractivity contribution in [1.29, 1.82) is 0 Å². The van der Waals surface area contributed by atoms with Crippen molar-refractivity contribution in [2.24, 2.45) is 0 Å². The zero-order chi connectivity index (χ0) is 26.5. The number of hydrogen-bond donors (Lipinski definition) is 4. The predicted molar refractivity (Wildman–Crippen MR) is 132 cm³/mol. The highest BCUT2D eigenvalue weighted by Crippen LogP contribution is 2.36. The minimum Gasteiger partial charge on any atom is -0.457 e. The van der Waals surface area contributed by atoms with Gasteiger partial charge in [-0.25, -0.2) is 4.79 Å². The maximum Gasteiger partial charge on any atom is 0.417 e. The minimum atomic E-state index is -4.65. The van der Waals surface area contributed by atoms with E-state index in [9.17, 15) is 27.6 Å². The summed E-state index contributed by atoms with van der Waals surface area (Å²) in [5, 5.41) is 6.99. The van der Waals surface area contributed by atoms with Crippen LogP contribution in [0.15, 0.2) is 60.8 Å². The zero-order valence-corrected chi connectivity index (χ0v) is 20.9. The monoisotopic (exact) mass is 538 g/mol. The maximum atomic E-state index is 13.0. The third kappa shape index (κ3) is 7.97. The van der Waals surface area contributed by atoms with Crippen molar-refractivity contribution in [3.63, 3.8) is 0 Å². The Balaban J connectivity index is 1.59. The quantitative estimate of drug-likeness (QED) is 0.290. The fourth-order valence-electron chi connectivity index (χ4n) is 2.84. The molecule has 13 heteroatoms. The standard InChI is InChI=1S/C23H22ClF3N4O4Si/c1-36(2,34)13-29-21(32)20-12-17(9-10-28-20)35-16-6-3-14(4-7-16)30-22(33)31-15-5-8-19(24)18(11-15)23(25,26)27/h3-12,34H,13H2,1-2H3,(H,29,32)(H2,30,31,33). The second-order valence-electron chi connectivity index (χ2n) is 8.27. The van der Waals surface area contributed by atoms with Crippen LogP contribution in [0.5, 0.6) is 11.5 Å². The van der Waals surface area contributed by atoms with Crippen LogP contribution in [0, 0.1) is 0 Å². The number of nitrogens with one attached hydrogen (secondary N) is 3. The molecule has 36 heavy (non-hydrogen) atoms. The molecular formula is C23H22ClF3N4O4Si. The molecule has 0 atom stereocenters. The molecule has 3 aromatic rings. The van der Waals surface area contributed by atoms with E-state index in [0.29, 0.717) is 17.2 Å². The molecule has 3 rings (SSSR count). The van der Waals surface area contributed by atoms with Crippen LogP contribution in [0.1, 0.15) is 16.1 Å². The largest absolute Gasteiger partial charge is 0.457 e. The van der Waals surface area contributed by atoms with Crippen LogP contribution in [0.4, 0.5) is 29.3 Å². The number of ether oxygens (including phenoxy) is 1. The van der Waals surface area contributed by atoms with Gasteiger partial charge in [-0.2, -0.15) is 13.2 Å². The predicted octanol–water partition coefficient (Wildman–Crippen LogP) is 5.66. The topological polar surface area (TPSA) is 113 Å². The van der Waals surface area contributed by atoms with E-state index < -0.39 is 37.0 Å². The number of benzene rings is 2. The number of amides is 3. The molecule has 0 unspecified atom stereocenters. The first-order valence-corrected chi connectivity index (χ1v) is 14.0. The first-order chi connectivity index (χ1) is 16.8. The van der Waals surface area contributed by atoms with Crippen molar-refractivity contribution in [2.45, 2.75) is 19.3 Å². The van der Waals surface area contributed by atoms with E-state index in [1.165, 1.54) is 30.5 Å². The molecule has 4 N–H and O–H groups in total. The fraction of sp³-hybridized carbons (Fsp3) is 0.174. The van der Waals surface area contributed by atoms with E-state index in [-0.39, 0.29) is 17.5 Å². The lowest BCUT2D eigenvalue weighted by molar-refractivity contribution is -0.137. The van der Waals surface area contributed by atoms with Crippen molar-refractivity contribution < 1.29 is 32.3 Å². The zero-order valence-electron chi connectivity index (χ0n) is 19.1. The van der Waals surface area contributed by atoms with Crippen molar-refractivity contribution in [2.75, 3.05) is 16.8 Å². The Hall–Kier alpha value is -3.61. The van der Waals surface area contributed by atoms with Gasteiger partial charge in [0, 0.05) is 29.8 Å². The van der Waals surface area contributed by atoms with Gasteiger partial charge in [-0.1, -0.05) is 11.6 Å². The van der Waals surface area contributed by atoms with Gasteiger partial charge in [0.25, 0.3) is 5.91 Å². The number of carbonyl (C=O) groups excluding carboxylic acids is 2. The van der Waals surface area contributed by atoms with Crippen molar-refractivity contribution in [3.05, 3.63) is 77.1 Å². The highest BCUT2D eigenvalue weighted by Gasteiger charge is 2.33. The summed E-state index contributed by atoms with van der Waals surface area (Å²) in [6.45, 7) is 3.40. The molecule has 0 bridgehead atoms. The second kappa shape index (κ2) is 11.0. The van der Waals surface area contributed by atoms with Crippen LogP contribution < -0.4 is 20.7 Å². The molecule has 3 amide bonds. The van der Waals surface area contributed by atoms with E-state index in [0.717, 1.165) is 12.1 Å². The van der Waals surface area contributed by atoms with Gasteiger partial charge in [-0.15, -0.1) is 0 Å². The summed E-state index contributed by atoms with van der Waals surface area (Å²) in [4.78, 5) is 38.3. The van der Waals surface area contributed by atoms with Gasteiger partial charge in [0.15, 0.2) is 0 Å². The van der Waals surface area contributed by atoms with E-state index >= 15 is 0 Å². The summed E-state index contributed by atoms with van der Waals surface area (Å²) in [6, 6.07) is 11.5. The number of anilines is 2. The lowest BCUT2D eigenvalue weighted by atomic mass is 10.2. The first-order valence-electron chi connectivity index (χ1n) is 10.5. The van der Waals surface area contributed by atoms with Crippen molar-refractivity contribution in [3.8, 4) is 11.5 Å². The lowest BCUT2D eigenvalue weighted by Gasteiger charge is -2.14. The SMILES string of the molecule is C[Si](C)(O)CNC(=O)c1cc(Oc2ccc(NC(=O)Nc3ccc(Cl)c(C(F)(F)F)c3)cc2)ccn1. The number of aromatic nitrogens is 1. The van der Waals surface area contributed by atoms with E-state index in [1.54, 1.807) is 31.3 Å². The molecule has 0 aliphatic rings. The normalized spacial score (nSPS) is 11.5. The molecule has 2 aromatic carbocycles. The molecule has 1 aromatic heterocycles. The van der Waals surface area contributed by atoms with E-state index in [1.807, 2.05) is 0 Å². The second-order valence-corrected chi connectivity index (χ2v) is 12.7. The number of rotatable bonds is 7. The van der Waals surface area contributed by atoms with Crippen LogP contribution in [-0.4, -0.2) is 36.2 Å². The molecule has 0 aliphatic carbocycles. The van der Waals surface area contributed by atoms with Gasteiger partial charge in [0.1, 0.15) is 17.2 Å². The van der Waals surface area contributed by atoms with Crippen LogP contribution >= 0.6 is 11.6 Å². The van der Waals surface area contributed by atoms with E-state index in [2.05, 4.69) is 20.9 Å². The molecule has 190 valence electrons. The van der Waals surface area contributed by atoms with Gasteiger partial charge < -0.3 is 25.5 Å². The number of pyridine rings is 1. The van der Waals surface area contributed by atoms with Gasteiger partial charge in [0.2, 0.25) is 8.32 Å². The van der Waals surface area contributed by atoms with Gasteiger partial charge in [0.05, 0.1) is 10.6 Å². The highest BCUT2D eigenvalue weighted by atomic mass is 35.5. The Labute approximate surface area is 210 Å². The fourth-order valence-corrected chi connectivity index (χ4v) is 3.66. The number of halogens is 4. The number of hydrogen-bond acceptors (Lipinski definition) is 5. The molecule has 1 heterocycles. The molecule has 0 saturated carbocycles. The summed E-state index contributed by atoms with van der Waals surface area (Å²) in [5.41, 5.74) is -0.655. The molecule has 0 aliphatic heterocycles. The summed E-state index contributed by atoms with van der Waals surface area (Å²) in [5.74, 6) is 0.302. The third-order valence-corrected chi connectivity index (χ3v) is 5.89. The van der Waals surface area contributed by atoms with Crippen LogP contribution in [-0.2, 0) is 6.18 Å². The smallest absolute Gasteiger partial charge is 0.417 e. The number of carbonyl (C=O) groups is 2. The molecule has 0 radical (unpaired) electrons. The molecule has 0 spiro atoms. The Kier molecular flexibility index (Phi) is 8.23. The Morgan fingerprint density at radius 3 is 2.28 bits per heavy atom. The van der Waals surface area contributed by atoms with Crippen molar-refractivity contribution >= 4 is 43.2 Å². The van der Waals surface area contributed by atoms with Crippen LogP contribution in [0.2, 0.25) is 18.1 Å². The Morgan fingerprint density at radius 2 is 1.64 bits per heavy atom.